The van der Waals surface area contributed by atoms with Crippen LogP contribution in [0.5, 0.6) is 0 Å². The predicted molar refractivity (Wildman–Crippen MR) is 97.9 cm³/mol. The number of carbonyl (C=O) groups is 1. The fraction of sp³-hybridized carbons (Fsp3) is 0.333. The van der Waals surface area contributed by atoms with Gasteiger partial charge in [-0.25, -0.2) is 19.2 Å². The lowest BCUT2D eigenvalue weighted by atomic mass is 10.0. The SMILES string of the molecule is Cc1ncc(-c2cc3cc(NC(=O)N4CC[C@@H](N)[C@H](F)C4)ncc3cn2)o1. The molecule has 0 saturated carbocycles. The molecule has 0 radical (unpaired) electrons. The van der Waals surface area contributed by atoms with E-state index >= 15 is 0 Å². The zero-order valence-electron chi connectivity index (χ0n) is 14.7. The van der Waals surface area contributed by atoms with Gasteiger partial charge in [0.1, 0.15) is 17.7 Å². The number of nitrogens with zero attached hydrogens (tertiary/aromatic N) is 4. The van der Waals surface area contributed by atoms with Gasteiger partial charge in [0, 0.05) is 37.3 Å². The number of anilines is 1. The van der Waals surface area contributed by atoms with E-state index in [4.69, 9.17) is 10.2 Å². The number of halogens is 1. The molecule has 8 nitrogen and oxygen atoms in total. The maximum Gasteiger partial charge on any atom is 0.323 e. The Hall–Kier alpha value is -3.07. The van der Waals surface area contributed by atoms with Gasteiger partial charge in [0.2, 0.25) is 0 Å². The van der Waals surface area contributed by atoms with E-state index in [0.29, 0.717) is 36.1 Å². The van der Waals surface area contributed by atoms with Crippen molar-refractivity contribution in [3.63, 3.8) is 0 Å². The zero-order chi connectivity index (χ0) is 19.0. The lowest BCUT2D eigenvalue weighted by Gasteiger charge is -2.32. The van der Waals surface area contributed by atoms with E-state index in [1.807, 2.05) is 6.07 Å². The average molecular weight is 370 g/mol. The Morgan fingerprint density at radius 3 is 2.81 bits per heavy atom. The van der Waals surface area contributed by atoms with E-state index in [1.54, 1.807) is 31.6 Å². The molecule has 27 heavy (non-hydrogen) atoms. The predicted octanol–water partition coefficient (Wildman–Crippen LogP) is 2.50. The van der Waals surface area contributed by atoms with Crippen LogP contribution in [0.2, 0.25) is 0 Å². The Labute approximate surface area is 154 Å². The second-order valence-corrected chi connectivity index (χ2v) is 6.57. The summed E-state index contributed by atoms with van der Waals surface area (Å²) in [5, 5.41) is 4.37. The number of likely N-dealkylation sites (tertiary alicyclic amines) is 1. The number of aryl methyl sites for hydroxylation is 1. The first-order chi connectivity index (χ1) is 13.0. The van der Waals surface area contributed by atoms with Crippen LogP contribution >= 0.6 is 0 Å². The topological polar surface area (TPSA) is 110 Å². The highest BCUT2D eigenvalue weighted by Gasteiger charge is 2.29. The largest absolute Gasteiger partial charge is 0.439 e. The van der Waals surface area contributed by atoms with E-state index in [2.05, 4.69) is 20.3 Å². The number of rotatable bonds is 2. The molecule has 2 atom stereocenters. The van der Waals surface area contributed by atoms with Crippen molar-refractivity contribution in [3.05, 3.63) is 36.6 Å². The van der Waals surface area contributed by atoms with Crippen LogP contribution in [0.1, 0.15) is 12.3 Å². The van der Waals surface area contributed by atoms with Gasteiger partial charge >= 0.3 is 6.03 Å². The molecule has 9 heteroatoms. The minimum Gasteiger partial charge on any atom is -0.439 e. The highest BCUT2D eigenvalue weighted by molar-refractivity contribution is 5.92. The molecule has 3 N–H and O–H groups in total. The number of hydrogen-bond donors (Lipinski definition) is 2. The highest BCUT2D eigenvalue weighted by atomic mass is 19.1. The molecule has 0 spiro atoms. The lowest BCUT2D eigenvalue weighted by molar-refractivity contribution is 0.137. The second-order valence-electron chi connectivity index (χ2n) is 6.57. The van der Waals surface area contributed by atoms with Crippen molar-refractivity contribution in [2.24, 2.45) is 5.73 Å². The number of nitrogens with two attached hydrogens (primary N) is 1. The van der Waals surface area contributed by atoms with Crippen molar-refractivity contribution in [2.75, 3.05) is 18.4 Å². The molecule has 0 unspecified atom stereocenters. The van der Waals surface area contributed by atoms with Gasteiger partial charge in [-0.15, -0.1) is 0 Å². The van der Waals surface area contributed by atoms with Crippen molar-refractivity contribution in [2.45, 2.75) is 25.6 Å². The molecule has 0 aliphatic carbocycles. The molecular weight excluding hydrogens is 351 g/mol. The summed E-state index contributed by atoms with van der Waals surface area (Å²) >= 11 is 0. The zero-order valence-corrected chi connectivity index (χ0v) is 14.7. The van der Waals surface area contributed by atoms with Crippen LogP contribution in [-0.2, 0) is 0 Å². The third-order valence-electron chi connectivity index (χ3n) is 4.59. The van der Waals surface area contributed by atoms with Crippen LogP contribution in [0.4, 0.5) is 15.0 Å². The van der Waals surface area contributed by atoms with Gasteiger partial charge < -0.3 is 15.1 Å². The molecule has 1 fully saturated rings. The monoisotopic (exact) mass is 370 g/mol. The van der Waals surface area contributed by atoms with Gasteiger partial charge in [-0.1, -0.05) is 0 Å². The Bertz CT molecular complexity index is 991. The lowest BCUT2D eigenvalue weighted by Crippen LogP contribution is -2.51. The number of amides is 2. The van der Waals surface area contributed by atoms with Gasteiger partial charge in [-0.05, 0) is 23.9 Å². The number of oxazole rings is 1. The van der Waals surface area contributed by atoms with Gasteiger partial charge in [0.15, 0.2) is 11.7 Å². The normalized spacial score (nSPS) is 20.0. The first-order valence-corrected chi connectivity index (χ1v) is 8.64. The van der Waals surface area contributed by atoms with E-state index in [1.165, 1.54) is 4.90 Å². The minimum absolute atomic E-state index is 0.0144. The summed E-state index contributed by atoms with van der Waals surface area (Å²) in [5.41, 5.74) is 6.29. The molecule has 0 bridgehead atoms. The number of hydrogen-bond acceptors (Lipinski definition) is 6. The number of nitrogens with one attached hydrogen (secondary N) is 1. The van der Waals surface area contributed by atoms with Crippen LogP contribution in [0.3, 0.4) is 0 Å². The number of carbonyl (C=O) groups excluding carboxylic acids is 1. The minimum atomic E-state index is -1.21. The average Bonchev–Trinajstić information content (AvgIpc) is 3.09. The maximum atomic E-state index is 13.8. The smallest absolute Gasteiger partial charge is 0.323 e. The number of aromatic nitrogens is 3. The third-order valence-corrected chi connectivity index (χ3v) is 4.59. The van der Waals surface area contributed by atoms with Crippen molar-refractivity contribution < 1.29 is 13.6 Å². The molecule has 140 valence electrons. The van der Waals surface area contributed by atoms with Crippen LogP contribution < -0.4 is 11.1 Å². The number of piperidine rings is 1. The Morgan fingerprint density at radius 1 is 1.26 bits per heavy atom. The fourth-order valence-corrected chi connectivity index (χ4v) is 3.02. The Morgan fingerprint density at radius 2 is 2.07 bits per heavy atom. The number of urea groups is 1. The van der Waals surface area contributed by atoms with Crippen LogP contribution in [0.25, 0.3) is 22.2 Å². The van der Waals surface area contributed by atoms with Gasteiger partial charge in [-0.2, -0.15) is 0 Å². The molecule has 3 aromatic rings. The van der Waals surface area contributed by atoms with Crippen LogP contribution in [0.15, 0.2) is 35.1 Å². The van der Waals surface area contributed by atoms with Crippen molar-refractivity contribution in [1.29, 1.82) is 0 Å². The Kier molecular flexibility index (Phi) is 4.44. The van der Waals surface area contributed by atoms with Crippen LogP contribution in [-0.4, -0.2) is 51.2 Å². The first-order valence-electron chi connectivity index (χ1n) is 8.64. The van der Waals surface area contributed by atoms with Gasteiger partial charge in [0.25, 0.3) is 0 Å². The summed E-state index contributed by atoms with van der Waals surface area (Å²) in [6.07, 6.45) is 4.14. The molecular formula is C18H19FN6O2. The summed E-state index contributed by atoms with van der Waals surface area (Å²) < 4.78 is 19.3. The van der Waals surface area contributed by atoms with Crippen molar-refractivity contribution in [1.82, 2.24) is 19.9 Å². The quantitative estimate of drug-likeness (QED) is 0.717. The molecule has 0 aromatic carbocycles. The first kappa shape index (κ1) is 17.3. The summed E-state index contributed by atoms with van der Waals surface area (Å²) in [7, 11) is 0. The maximum absolute atomic E-state index is 13.8. The van der Waals surface area contributed by atoms with Gasteiger partial charge in [-0.3, -0.25) is 10.3 Å². The standard InChI is InChI=1S/C18H19FN6O2/c1-10-21-8-16(27-10)15-4-11-5-17(23-7-12(11)6-22-15)24-18(26)25-3-2-14(20)13(19)9-25/h4-8,13-14H,2-3,9,20H2,1H3,(H,23,24,26)/t13-,14-/m1/s1. The molecule has 1 aliphatic heterocycles. The number of fused-ring (bicyclic) bond motifs is 1. The molecule has 4 heterocycles. The van der Waals surface area contributed by atoms with Crippen molar-refractivity contribution >= 4 is 22.6 Å². The van der Waals surface area contributed by atoms with E-state index in [0.717, 1.165) is 10.8 Å². The van der Waals surface area contributed by atoms with E-state index in [9.17, 15) is 9.18 Å². The summed E-state index contributed by atoms with van der Waals surface area (Å²) in [6.45, 7) is 2.16. The van der Waals surface area contributed by atoms with Crippen LogP contribution in [0, 0.1) is 6.92 Å². The van der Waals surface area contributed by atoms with Crippen molar-refractivity contribution in [3.8, 4) is 11.5 Å². The molecule has 2 amide bonds. The number of pyridine rings is 2. The summed E-state index contributed by atoms with van der Waals surface area (Å²) in [5.74, 6) is 1.50. The number of alkyl halides is 1. The third kappa shape index (κ3) is 3.59. The Balaban J connectivity index is 1.54. The van der Waals surface area contributed by atoms with E-state index in [-0.39, 0.29) is 6.54 Å². The summed E-state index contributed by atoms with van der Waals surface area (Å²) in [6, 6.07) is 2.67. The summed E-state index contributed by atoms with van der Waals surface area (Å²) in [4.78, 5) is 26.4. The molecule has 1 aliphatic rings. The van der Waals surface area contributed by atoms with Gasteiger partial charge in [0.05, 0.1) is 12.7 Å². The molecule has 4 rings (SSSR count). The highest BCUT2D eigenvalue weighted by Crippen LogP contribution is 2.24. The molecule has 3 aromatic heterocycles. The van der Waals surface area contributed by atoms with E-state index < -0.39 is 18.2 Å². The second kappa shape index (κ2) is 6.92. The fourth-order valence-electron chi connectivity index (χ4n) is 3.02. The molecule has 1 saturated heterocycles.